The van der Waals surface area contributed by atoms with Crippen LogP contribution in [0.25, 0.3) is 11.3 Å². The number of thiazole rings is 1. The van der Waals surface area contributed by atoms with E-state index in [4.69, 9.17) is 0 Å². The summed E-state index contributed by atoms with van der Waals surface area (Å²) in [5, 5.41) is 4.16. The summed E-state index contributed by atoms with van der Waals surface area (Å²) in [7, 11) is 0. The first-order valence-electron chi connectivity index (χ1n) is 7.72. The zero-order valence-electron chi connectivity index (χ0n) is 13.8. The molecule has 0 aliphatic carbocycles. The van der Waals surface area contributed by atoms with Crippen LogP contribution in [-0.2, 0) is 6.18 Å². The number of nitrogens with one attached hydrogen (secondary N) is 1. The van der Waals surface area contributed by atoms with E-state index in [-0.39, 0.29) is 16.4 Å². The Kier molecular flexibility index (Phi) is 5.59. The molecule has 1 heterocycles. The van der Waals surface area contributed by atoms with Gasteiger partial charge in [-0.05, 0) is 36.4 Å². The molecule has 0 aliphatic rings. The topological polar surface area (TPSA) is 51.2 Å². The molecule has 1 amide bonds. The van der Waals surface area contributed by atoms with Crippen molar-refractivity contribution >= 4 is 22.4 Å². The van der Waals surface area contributed by atoms with E-state index < -0.39 is 24.3 Å². The van der Waals surface area contributed by atoms with Gasteiger partial charge in [0.25, 0.3) is 5.91 Å². The summed E-state index contributed by atoms with van der Waals surface area (Å²) in [6.07, 6.45) is -4.49. The molecule has 0 saturated carbocycles. The lowest BCUT2D eigenvalue weighted by molar-refractivity contribution is -0.137. The van der Waals surface area contributed by atoms with Crippen molar-refractivity contribution in [1.29, 1.82) is 0 Å². The highest BCUT2D eigenvalue weighted by molar-refractivity contribution is 7.14. The summed E-state index contributed by atoms with van der Waals surface area (Å²) in [5.41, 5.74) is -0.222. The maximum atomic E-state index is 12.6. The number of para-hydroxylation sites is 1. The summed E-state index contributed by atoms with van der Waals surface area (Å²) in [6.45, 7) is -3.00. The van der Waals surface area contributed by atoms with Crippen LogP contribution in [0.5, 0.6) is 5.75 Å². The quantitative estimate of drug-likeness (QED) is 0.547. The molecule has 146 valence electrons. The minimum Gasteiger partial charge on any atom is -0.434 e. The second-order valence-corrected chi connectivity index (χ2v) is 6.30. The number of ether oxygens (including phenoxy) is 1. The first-order valence-corrected chi connectivity index (χ1v) is 8.60. The van der Waals surface area contributed by atoms with E-state index in [9.17, 15) is 26.7 Å². The van der Waals surface area contributed by atoms with Gasteiger partial charge in [0.2, 0.25) is 0 Å². The average Bonchev–Trinajstić information content (AvgIpc) is 3.09. The van der Waals surface area contributed by atoms with Crippen LogP contribution >= 0.6 is 11.3 Å². The highest BCUT2D eigenvalue weighted by atomic mass is 32.1. The van der Waals surface area contributed by atoms with E-state index in [2.05, 4.69) is 15.0 Å². The second kappa shape index (κ2) is 7.93. The molecule has 0 unspecified atom stereocenters. The molecule has 3 aromatic rings. The van der Waals surface area contributed by atoms with E-state index in [1.54, 1.807) is 6.07 Å². The summed E-state index contributed by atoms with van der Waals surface area (Å²) in [6, 6.07) is 9.76. The van der Waals surface area contributed by atoms with Crippen LogP contribution in [-0.4, -0.2) is 17.5 Å². The minimum absolute atomic E-state index is 0.0196. The Hall–Kier alpha value is -3.01. The molecular weight excluding hydrogens is 403 g/mol. The molecule has 28 heavy (non-hydrogen) atoms. The maximum absolute atomic E-state index is 12.6. The van der Waals surface area contributed by atoms with E-state index >= 15 is 0 Å². The Balaban J connectivity index is 1.76. The first-order chi connectivity index (χ1) is 13.2. The Morgan fingerprint density at radius 3 is 2.39 bits per heavy atom. The van der Waals surface area contributed by atoms with Crippen LogP contribution in [0.2, 0.25) is 0 Å². The third-order valence-corrected chi connectivity index (χ3v) is 4.34. The van der Waals surface area contributed by atoms with Gasteiger partial charge in [0.05, 0.1) is 11.3 Å². The molecule has 1 aromatic heterocycles. The van der Waals surface area contributed by atoms with Crippen LogP contribution in [0.3, 0.4) is 0 Å². The number of carbonyl (C=O) groups is 1. The molecule has 2 aromatic carbocycles. The zero-order valence-corrected chi connectivity index (χ0v) is 14.7. The number of nitrogens with zero attached hydrogens (tertiary/aromatic N) is 1. The number of hydrogen-bond acceptors (Lipinski definition) is 4. The Labute approximate surface area is 159 Å². The fraction of sp³-hybridized carbons (Fsp3) is 0.111. The van der Waals surface area contributed by atoms with Crippen LogP contribution in [0.4, 0.5) is 27.1 Å². The van der Waals surface area contributed by atoms with Gasteiger partial charge in [-0.2, -0.15) is 22.0 Å². The predicted octanol–water partition coefficient (Wildman–Crippen LogP) is 5.68. The molecule has 4 nitrogen and oxygen atoms in total. The van der Waals surface area contributed by atoms with Crippen LogP contribution in [0.1, 0.15) is 15.9 Å². The third-order valence-electron chi connectivity index (χ3n) is 3.58. The summed E-state index contributed by atoms with van der Waals surface area (Å²) < 4.78 is 67.2. The standard InChI is InChI=1S/C18H11F5N2O2S/c19-16(20)27-14-4-2-1-3-12(14)13-9-28-17(24-13)25-15(26)10-5-7-11(8-6-10)18(21,22)23/h1-9,16H,(H,24,25,26). The Morgan fingerprint density at radius 2 is 1.75 bits per heavy atom. The van der Waals surface area contributed by atoms with Crippen molar-refractivity contribution in [3.8, 4) is 17.0 Å². The predicted molar refractivity (Wildman–Crippen MR) is 93.6 cm³/mol. The number of hydrogen-bond donors (Lipinski definition) is 1. The highest BCUT2D eigenvalue weighted by Gasteiger charge is 2.30. The van der Waals surface area contributed by atoms with Gasteiger partial charge in [-0.25, -0.2) is 4.98 Å². The van der Waals surface area contributed by atoms with Gasteiger partial charge in [-0.3, -0.25) is 10.1 Å². The second-order valence-electron chi connectivity index (χ2n) is 5.44. The van der Waals surface area contributed by atoms with Crippen molar-refractivity contribution in [3.05, 3.63) is 65.0 Å². The van der Waals surface area contributed by atoms with Gasteiger partial charge >= 0.3 is 12.8 Å². The van der Waals surface area contributed by atoms with Crippen LogP contribution < -0.4 is 10.1 Å². The lowest BCUT2D eigenvalue weighted by Gasteiger charge is -2.08. The average molecular weight is 414 g/mol. The van der Waals surface area contributed by atoms with Gasteiger partial charge in [0, 0.05) is 16.5 Å². The SMILES string of the molecule is O=C(Nc1nc(-c2ccccc2OC(F)F)cs1)c1ccc(C(F)(F)F)cc1. The number of rotatable bonds is 5. The smallest absolute Gasteiger partial charge is 0.416 e. The summed E-state index contributed by atoms with van der Waals surface area (Å²) in [5.74, 6) is -0.713. The molecule has 0 fully saturated rings. The van der Waals surface area contributed by atoms with Crippen LogP contribution in [0, 0.1) is 0 Å². The fourth-order valence-electron chi connectivity index (χ4n) is 2.31. The van der Waals surface area contributed by atoms with Crippen molar-refractivity contribution in [2.24, 2.45) is 0 Å². The third kappa shape index (κ3) is 4.63. The number of anilines is 1. The number of benzene rings is 2. The molecule has 0 saturated heterocycles. The van der Waals surface area contributed by atoms with Crippen LogP contribution in [0.15, 0.2) is 53.9 Å². The normalized spacial score (nSPS) is 11.5. The molecule has 0 bridgehead atoms. The number of carbonyl (C=O) groups excluding carboxylic acids is 1. The van der Waals surface area contributed by atoms with Crippen molar-refractivity contribution in [3.63, 3.8) is 0 Å². The van der Waals surface area contributed by atoms with Gasteiger partial charge in [0.15, 0.2) is 5.13 Å². The Bertz CT molecular complexity index is 971. The summed E-state index contributed by atoms with van der Waals surface area (Å²) >= 11 is 1.04. The fourth-order valence-corrected chi connectivity index (χ4v) is 3.02. The maximum Gasteiger partial charge on any atom is 0.416 e. The zero-order chi connectivity index (χ0) is 20.3. The summed E-state index contributed by atoms with van der Waals surface area (Å²) in [4.78, 5) is 16.3. The number of alkyl halides is 5. The van der Waals surface area contributed by atoms with Crippen molar-refractivity contribution in [2.45, 2.75) is 12.8 Å². The molecule has 1 N–H and O–H groups in total. The van der Waals surface area contributed by atoms with Crippen molar-refractivity contribution in [2.75, 3.05) is 5.32 Å². The van der Waals surface area contributed by atoms with Gasteiger partial charge < -0.3 is 4.74 Å². The van der Waals surface area contributed by atoms with Crippen molar-refractivity contribution < 1.29 is 31.5 Å². The van der Waals surface area contributed by atoms with E-state index in [1.165, 1.54) is 23.6 Å². The first kappa shape index (κ1) is 19.7. The highest BCUT2D eigenvalue weighted by Crippen LogP contribution is 2.33. The Morgan fingerprint density at radius 1 is 1.07 bits per heavy atom. The molecule has 0 atom stereocenters. The number of amides is 1. The number of halogens is 5. The molecule has 10 heteroatoms. The van der Waals surface area contributed by atoms with E-state index in [0.717, 1.165) is 35.6 Å². The molecule has 0 aliphatic heterocycles. The lowest BCUT2D eigenvalue weighted by Crippen LogP contribution is -2.12. The monoisotopic (exact) mass is 414 g/mol. The van der Waals surface area contributed by atoms with E-state index in [1.807, 2.05) is 0 Å². The van der Waals surface area contributed by atoms with Gasteiger partial charge in [-0.15, -0.1) is 11.3 Å². The molecule has 0 radical (unpaired) electrons. The minimum atomic E-state index is -4.49. The molecule has 3 rings (SSSR count). The molecule has 0 spiro atoms. The van der Waals surface area contributed by atoms with Crippen molar-refractivity contribution in [1.82, 2.24) is 4.98 Å². The van der Waals surface area contributed by atoms with Gasteiger partial charge in [0.1, 0.15) is 5.75 Å². The van der Waals surface area contributed by atoms with E-state index in [0.29, 0.717) is 11.3 Å². The number of aromatic nitrogens is 1. The lowest BCUT2D eigenvalue weighted by atomic mass is 10.1. The van der Waals surface area contributed by atoms with Gasteiger partial charge in [-0.1, -0.05) is 12.1 Å². The molecular formula is C18H11F5N2O2S. The largest absolute Gasteiger partial charge is 0.434 e.